The van der Waals surface area contributed by atoms with Gasteiger partial charge in [-0.1, -0.05) is 72.8 Å². The summed E-state index contributed by atoms with van der Waals surface area (Å²) in [6.07, 6.45) is 3.87. The van der Waals surface area contributed by atoms with Crippen LogP contribution in [-0.4, -0.2) is 48.2 Å². The second-order valence-electron chi connectivity index (χ2n) is 11.2. The van der Waals surface area contributed by atoms with Crippen LogP contribution < -0.4 is 4.72 Å². The minimum Gasteiger partial charge on any atom is -0.445 e. The van der Waals surface area contributed by atoms with Gasteiger partial charge in [-0.15, -0.1) is 0 Å². The zero-order chi connectivity index (χ0) is 30.2. The number of nitrogens with zero attached hydrogens (tertiary/aromatic N) is 2. The van der Waals surface area contributed by atoms with E-state index in [-0.39, 0.29) is 24.8 Å². The summed E-state index contributed by atoms with van der Waals surface area (Å²) in [6, 6.07) is 27.0. The summed E-state index contributed by atoms with van der Waals surface area (Å²) >= 11 is 0. The van der Waals surface area contributed by atoms with Gasteiger partial charge in [0.1, 0.15) is 12.3 Å². The summed E-state index contributed by atoms with van der Waals surface area (Å²) in [7, 11) is -3.95. The predicted molar refractivity (Wildman–Crippen MR) is 168 cm³/mol. The summed E-state index contributed by atoms with van der Waals surface area (Å²) in [4.78, 5) is 28.0. The SMILES string of the molecule is Cc1cccc2c1cc(C(=O)NS(=O)(=O)CCC1CCCCN1C(=O)OCc1ccccc1)n2CCCc1ccccc1. The van der Waals surface area contributed by atoms with Gasteiger partial charge in [0.25, 0.3) is 5.91 Å². The van der Waals surface area contributed by atoms with Gasteiger partial charge in [0.2, 0.25) is 10.0 Å². The van der Waals surface area contributed by atoms with E-state index in [0.717, 1.165) is 47.7 Å². The number of nitrogens with one attached hydrogen (secondary N) is 1. The number of rotatable bonds is 11. The normalized spacial score (nSPS) is 15.4. The number of benzene rings is 3. The lowest BCUT2D eigenvalue weighted by molar-refractivity contribution is 0.0672. The molecule has 43 heavy (non-hydrogen) atoms. The van der Waals surface area contributed by atoms with E-state index in [2.05, 4.69) is 16.9 Å². The van der Waals surface area contributed by atoms with E-state index >= 15 is 0 Å². The van der Waals surface area contributed by atoms with Gasteiger partial charge in [-0.05, 0) is 74.3 Å². The second kappa shape index (κ2) is 13.9. The van der Waals surface area contributed by atoms with Crippen molar-refractivity contribution in [1.29, 1.82) is 0 Å². The van der Waals surface area contributed by atoms with Gasteiger partial charge in [-0.2, -0.15) is 0 Å². The Morgan fingerprint density at radius 3 is 2.40 bits per heavy atom. The van der Waals surface area contributed by atoms with Crippen LogP contribution in [0.4, 0.5) is 4.79 Å². The van der Waals surface area contributed by atoms with Crippen LogP contribution in [0.25, 0.3) is 10.9 Å². The topological polar surface area (TPSA) is 97.7 Å². The molecule has 4 aromatic rings. The quantitative estimate of drug-likeness (QED) is 0.220. The number of carbonyl (C=O) groups is 2. The van der Waals surface area contributed by atoms with Gasteiger partial charge in [0, 0.05) is 30.0 Å². The number of aromatic nitrogens is 1. The van der Waals surface area contributed by atoms with Crippen molar-refractivity contribution in [1.82, 2.24) is 14.2 Å². The fourth-order valence-electron chi connectivity index (χ4n) is 5.83. The number of carbonyl (C=O) groups excluding carboxylic acids is 2. The molecule has 1 fully saturated rings. The lowest BCUT2D eigenvalue weighted by Crippen LogP contribution is -2.45. The van der Waals surface area contributed by atoms with Crippen LogP contribution in [0.15, 0.2) is 84.9 Å². The molecule has 1 aromatic heterocycles. The fraction of sp³-hybridized carbons (Fsp3) is 0.353. The summed E-state index contributed by atoms with van der Waals surface area (Å²) in [5.41, 5.74) is 4.35. The molecule has 9 heteroatoms. The molecule has 0 saturated carbocycles. The number of ether oxygens (including phenoxy) is 1. The van der Waals surface area contributed by atoms with Crippen LogP contribution in [0.2, 0.25) is 0 Å². The van der Waals surface area contributed by atoms with E-state index in [1.807, 2.05) is 78.2 Å². The molecule has 1 N–H and O–H groups in total. The molecule has 0 aliphatic carbocycles. The largest absolute Gasteiger partial charge is 0.445 e. The first-order chi connectivity index (χ1) is 20.8. The first-order valence-corrected chi connectivity index (χ1v) is 16.6. The van der Waals surface area contributed by atoms with Gasteiger partial charge >= 0.3 is 6.09 Å². The third-order valence-electron chi connectivity index (χ3n) is 8.12. The highest BCUT2D eigenvalue weighted by molar-refractivity contribution is 7.90. The van der Waals surface area contributed by atoms with E-state index in [1.54, 1.807) is 11.0 Å². The highest BCUT2D eigenvalue weighted by atomic mass is 32.2. The molecule has 1 atom stereocenters. The van der Waals surface area contributed by atoms with Crippen molar-refractivity contribution in [2.45, 2.75) is 64.6 Å². The van der Waals surface area contributed by atoms with E-state index in [0.29, 0.717) is 25.2 Å². The molecule has 3 aromatic carbocycles. The molecule has 5 rings (SSSR count). The smallest absolute Gasteiger partial charge is 0.410 e. The van der Waals surface area contributed by atoms with Crippen LogP contribution in [0, 0.1) is 6.92 Å². The standard InChI is InChI=1S/C34H39N3O5S/c1-26-12-10-19-31-30(26)24-32(37(31)22-11-17-27-13-4-2-5-14-27)33(38)35-43(40,41)23-20-29-18-8-9-21-36(29)34(39)42-25-28-15-6-3-7-16-28/h2-7,10,12-16,19,24,29H,8-9,11,17-18,20-23,25H2,1H3,(H,35,38). The van der Waals surface area contributed by atoms with Gasteiger partial charge < -0.3 is 14.2 Å². The third kappa shape index (κ3) is 7.84. The maximum Gasteiger partial charge on any atom is 0.410 e. The molecular formula is C34H39N3O5S. The van der Waals surface area contributed by atoms with Crippen LogP contribution in [0.1, 0.15) is 59.3 Å². The van der Waals surface area contributed by atoms with Crippen LogP contribution in [-0.2, 0) is 34.3 Å². The van der Waals surface area contributed by atoms with E-state index in [1.165, 1.54) is 5.56 Å². The molecule has 1 saturated heterocycles. The molecule has 1 unspecified atom stereocenters. The number of hydrogen-bond acceptors (Lipinski definition) is 5. The summed E-state index contributed by atoms with van der Waals surface area (Å²) in [5.74, 6) is -0.905. The lowest BCUT2D eigenvalue weighted by Gasteiger charge is -2.34. The van der Waals surface area contributed by atoms with Crippen LogP contribution in [0.3, 0.4) is 0 Å². The molecule has 0 spiro atoms. The number of sulfonamides is 1. The average Bonchev–Trinajstić information content (AvgIpc) is 3.40. The Morgan fingerprint density at radius 2 is 1.65 bits per heavy atom. The zero-order valence-corrected chi connectivity index (χ0v) is 25.4. The summed E-state index contributed by atoms with van der Waals surface area (Å²) < 4.78 is 36.1. The number of aryl methyl sites for hydroxylation is 3. The Hall–Kier alpha value is -4.11. The predicted octanol–water partition coefficient (Wildman–Crippen LogP) is 6.22. The monoisotopic (exact) mass is 601 g/mol. The molecule has 226 valence electrons. The Bertz CT molecular complexity index is 1650. The molecule has 8 nitrogen and oxygen atoms in total. The highest BCUT2D eigenvalue weighted by Crippen LogP contribution is 2.25. The number of fused-ring (bicyclic) bond motifs is 1. The molecule has 2 amide bonds. The average molecular weight is 602 g/mol. The van der Waals surface area contributed by atoms with Gasteiger partial charge in [0.15, 0.2) is 0 Å². The number of piperidine rings is 1. The number of amides is 2. The minimum absolute atomic E-state index is 0.163. The molecule has 0 bridgehead atoms. The molecular weight excluding hydrogens is 562 g/mol. The number of hydrogen-bond donors (Lipinski definition) is 1. The van der Waals surface area contributed by atoms with E-state index < -0.39 is 22.0 Å². The summed E-state index contributed by atoms with van der Waals surface area (Å²) in [6.45, 7) is 3.24. The van der Waals surface area contributed by atoms with Gasteiger partial charge in [0.05, 0.1) is 5.75 Å². The maximum atomic E-state index is 13.4. The highest BCUT2D eigenvalue weighted by Gasteiger charge is 2.30. The van der Waals surface area contributed by atoms with Crippen molar-refractivity contribution in [3.05, 3.63) is 107 Å². The Morgan fingerprint density at radius 1 is 0.930 bits per heavy atom. The molecule has 1 aliphatic heterocycles. The molecule has 0 radical (unpaired) electrons. The molecule has 2 heterocycles. The summed E-state index contributed by atoms with van der Waals surface area (Å²) in [5, 5.41) is 0.927. The van der Waals surface area contributed by atoms with Crippen molar-refractivity contribution in [3.8, 4) is 0 Å². The first kappa shape index (κ1) is 30.4. The number of likely N-dealkylation sites (tertiary alicyclic amines) is 1. The third-order valence-corrected chi connectivity index (χ3v) is 9.39. The van der Waals surface area contributed by atoms with Crippen molar-refractivity contribution < 1.29 is 22.7 Å². The molecule has 1 aliphatic rings. The Kier molecular flexibility index (Phi) is 9.82. The van der Waals surface area contributed by atoms with Crippen LogP contribution in [0.5, 0.6) is 0 Å². The first-order valence-electron chi connectivity index (χ1n) is 15.0. The van der Waals surface area contributed by atoms with Crippen molar-refractivity contribution in [3.63, 3.8) is 0 Å². The van der Waals surface area contributed by atoms with Crippen LogP contribution >= 0.6 is 0 Å². The van der Waals surface area contributed by atoms with Crippen molar-refractivity contribution in [2.24, 2.45) is 0 Å². The zero-order valence-electron chi connectivity index (χ0n) is 24.6. The van der Waals surface area contributed by atoms with Gasteiger partial charge in [-0.25, -0.2) is 17.9 Å². The van der Waals surface area contributed by atoms with Crippen molar-refractivity contribution >= 4 is 32.9 Å². The minimum atomic E-state index is -3.95. The second-order valence-corrected chi connectivity index (χ2v) is 13.0. The lowest BCUT2D eigenvalue weighted by atomic mass is 10.0. The maximum absolute atomic E-state index is 13.4. The van der Waals surface area contributed by atoms with E-state index in [9.17, 15) is 18.0 Å². The Balaban J connectivity index is 1.23. The van der Waals surface area contributed by atoms with E-state index in [4.69, 9.17) is 4.74 Å². The Labute approximate surface area is 253 Å². The fourth-order valence-corrected chi connectivity index (χ4v) is 6.90. The van der Waals surface area contributed by atoms with Gasteiger partial charge in [-0.3, -0.25) is 4.79 Å². The van der Waals surface area contributed by atoms with Crippen molar-refractivity contribution in [2.75, 3.05) is 12.3 Å².